The van der Waals surface area contributed by atoms with Crippen LogP contribution < -0.4 is 0 Å². The zero-order valence-electron chi connectivity index (χ0n) is 11.2. The monoisotopic (exact) mass is 247 g/mol. The molecule has 3 nitrogen and oxygen atoms in total. The lowest BCUT2D eigenvalue weighted by Crippen LogP contribution is -2.23. The molecule has 98 valence electrons. The van der Waals surface area contributed by atoms with Crippen LogP contribution in [-0.4, -0.2) is 38.0 Å². The molecule has 0 spiro atoms. The Labute approximate surface area is 109 Å². The third kappa shape index (κ3) is 3.40. The lowest BCUT2D eigenvalue weighted by atomic mass is 9.90. The summed E-state index contributed by atoms with van der Waals surface area (Å²) in [4.78, 5) is 14.5. The Bertz CT molecular complexity index is 409. The third-order valence-corrected chi connectivity index (χ3v) is 3.30. The summed E-state index contributed by atoms with van der Waals surface area (Å²) >= 11 is 0. The van der Waals surface area contributed by atoms with Crippen LogP contribution >= 0.6 is 0 Å². The fraction of sp³-hybridized carbons (Fsp3) is 0.533. The fourth-order valence-electron chi connectivity index (χ4n) is 2.38. The van der Waals surface area contributed by atoms with E-state index in [2.05, 4.69) is 11.0 Å². The lowest BCUT2D eigenvalue weighted by Gasteiger charge is -2.21. The minimum Gasteiger partial charge on any atom is -0.381 e. The molecular weight excluding hydrogens is 226 g/mol. The molecule has 1 aliphatic rings. The van der Waals surface area contributed by atoms with Crippen LogP contribution in [-0.2, 0) is 11.3 Å². The van der Waals surface area contributed by atoms with Gasteiger partial charge in [-0.3, -0.25) is 4.79 Å². The van der Waals surface area contributed by atoms with Gasteiger partial charge < -0.3 is 9.64 Å². The topological polar surface area (TPSA) is 29.5 Å². The van der Waals surface area contributed by atoms with Gasteiger partial charge in [-0.05, 0) is 38.6 Å². The van der Waals surface area contributed by atoms with Crippen LogP contribution in [0.1, 0.15) is 28.8 Å². The average molecular weight is 247 g/mol. The second kappa shape index (κ2) is 6.12. The van der Waals surface area contributed by atoms with E-state index in [0.717, 1.165) is 24.9 Å². The first-order chi connectivity index (χ1) is 8.66. The van der Waals surface area contributed by atoms with Crippen LogP contribution in [0, 0.1) is 5.92 Å². The molecule has 1 heterocycles. The summed E-state index contributed by atoms with van der Waals surface area (Å²) in [6.07, 6.45) is 1.72. The molecule has 0 saturated carbocycles. The average Bonchev–Trinajstić information content (AvgIpc) is 2.38. The van der Waals surface area contributed by atoms with Crippen LogP contribution in [0.3, 0.4) is 0 Å². The molecule has 0 N–H and O–H groups in total. The van der Waals surface area contributed by atoms with Crippen molar-refractivity contribution in [3.63, 3.8) is 0 Å². The second-order valence-electron chi connectivity index (χ2n) is 5.19. The largest absolute Gasteiger partial charge is 0.381 e. The van der Waals surface area contributed by atoms with Crippen LogP contribution in [0.5, 0.6) is 0 Å². The lowest BCUT2D eigenvalue weighted by molar-refractivity contribution is 0.0545. The van der Waals surface area contributed by atoms with Crippen molar-refractivity contribution >= 4 is 5.78 Å². The van der Waals surface area contributed by atoms with Gasteiger partial charge in [0.05, 0.1) is 0 Å². The molecule has 1 aromatic rings. The Hall–Kier alpha value is -1.19. The highest BCUT2D eigenvalue weighted by Gasteiger charge is 2.22. The summed E-state index contributed by atoms with van der Waals surface area (Å²) in [6, 6.07) is 8.00. The number of nitrogens with zero attached hydrogens (tertiary/aromatic N) is 1. The van der Waals surface area contributed by atoms with Crippen molar-refractivity contribution in [3.8, 4) is 0 Å². The van der Waals surface area contributed by atoms with Gasteiger partial charge in [0, 0.05) is 31.2 Å². The molecule has 0 aliphatic carbocycles. The number of ketones is 1. The van der Waals surface area contributed by atoms with Crippen molar-refractivity contribution in [1.82, 2.24) is 4.90 Å². The van der Waals surface area contributed by atoms with Crippen LogP contribution in [0.25, 0.3) is 0 Å². The van der Waals surface area contributed by atoms with Gasteiger partial charge in [0.1, 0.15) is 0 Å². The van der Waals surface area contributed by atoms with Gasteiger partial charge in [0.25, 0.3) is 0 Å². The Balaban J connectivity index is 2.09. The van der Waals surface area contributed by atoms with Crippen LogP contribution in [0.2, 0.25) is 0 Å². The van der Waals surface area contributed by atoms with Crippen molar-refractivity contribution in [2.24, 2.45) is 5.92 Å². The van der Waals surface area contributed by atoms with Gasteiger partial charge in [-0.1, -0.05) is 18.2 Å². The highest BCUT2D eigenvalue weighted by Crippen LogP contribution is 2.20. The number of hydrogen-bond donors (Lipinski definition) is 0. The van der Waals surface area contributed by atoms with E-state index in [4.69, 9.17) is 4.74 Å². The number of ether oxygens (including phenoxy) is 1. The van der Waals surface area contributed by atoms with E-state index >= 15 is 0 Å². The molecule has 2 rings (SSSR count). The fourth-order valence-corrected chi connectivity index (χ4v) is 2.38. The molecule has 1 aromatic carbocycles. The zero-order chi connectivity index (χ0) is 13.0. The molecule has 0 unspecified atom stereocenters. The van der Waals surface area contributed by atoms with E-state index in [9.17, 15) is 4.79 Å². The summed E-state index contributed by atoms with van der Waals surface area (Å²) < 4.78 is 5.30. The van der Waals surface area contributed by atoms with Gasteiger partial charge in [0.2, 0.25) is 0 Å². The maximum Gasteiger partial charge on any atom is 0.166 e. The maximum absolute atomic E-state index is 12.4. The van der Waals surface area contributed by atoms with Gasteiger partial charge in [-0.25, -0.2) is 0 Å². The van der Waals surface area contributed by atoms with Gasteiger partial charge >= 0.3 is 0 Å². The Morgan fingerprint density at radius 1 is 1.33 bits per heavy atom. The SMILES string of the molecule is CN(C)Cc1cccc(C(=O)C2CCOCC2)c1. The van der Waals surface area contributed by atoms with Crippen molar-refractivity contribution in [2.75, 3.05) is 27.3 Å². The van der Waals surface area contributed by atoms with E-state index in [1.807, 2.05) is 32.3 Å². The molecule has 0 bridgehead atoms. The van der Waals surface area contributed by atoms with Crippen molar-refractivity contribution in [2.45, 2.75) is 19.4 Å². The first-order valence-electron chi connectivity index (χ1n) is 6.52. The number of rotatable bonds is 4. The molecule has 0 atom stereocenters. The van der Waals surface area contributed by atoms with Crippen molar-refractivity contribution in [3.05, 3.63) is 35.4 Å². The molecule has 0 aromatic heterocycles. The Kier molecular flexibility index (Phi) is 4.50. The predicted octanol–water partition coefficient (Wildman–Crippen LogP) is 2.36. The highest BCUT2D eigenvalue weighted by atomic mass is 16.5. The molecule has 1 aliphatic heterocycles. The standard InChI is InChI=1S/C15H21NO2/c1-16(2)11-12-4-3-5-14(10-12)15(17)13-6-8-18-9-7-13/h3-5,10,13H,6-9,11H2,1-2H3. The first kappa shape index (κ1) is 13.2. The van der Waals surface area contributed by atoms with Crippen LogP contribution in [0.15, 0.2) is 24.3 Å². The second-order valence-corrected chi connectivity index (χ2v) is 5.19. The van der Waals surface area contributed by atoms with Gasteiger partial charge in [-0.15, -0.1) is 0 Å². The molecule has 0 amide bonds. The van der Waals surface area contributed by atoms with Gasteiger partial charge in [0.15, 0.2) is 5.78 Å². The summed E-state index contributed by atoms with van der Waals surface area (Å²) in [5, 5.41) is 0. The molecular formula is C15H21NO2. The van der Waals surface area contributed by atoms with Crippen LogP contribution in [0.4, 0.5) is 0 Å². The quantitative estimate of drug-likeness (QED) is 0.765. The molecule has 3 heteroatoms. The smallest absolute Gasteiger partial charge is 0.166 e. The maximum atomic E-state index is 12.4. The third-order valence-electron chi connectivity index (χ3n) is 3.30. The van der Waals surface area contributed by atoms with E-state index in [-0.39, 0.29) is 11.7 Å². The Morgan fingerprint density at radius 2 is 2.06 bits per heavy atom. The van der Waals surface area contributed by atoms with E-state index < -0.39 is 0 Å². The normalized spacial score (nSPS) is 17.1. The van der Waals surface area contributed by atoms with E-state index in [0.29, 0.717) is 13.2 Å². The Morgan fingerprint density at radius 3 is 2.72 bits per heavy atom. The number of carbonyl (C=O) groups excluding carboxylic acids is 1. The number of benzene rings is 1. The van der Waals surface area contributed by atoms with E-state index in [1.54, 1.807) is 0 Å². The van der Waals surface area contributed by atoms with E-state index in [1.165, 1.54) is 5.56 Å². The van der Waals surface area contributed by atoms with Crippen molar-refractivity contribution in [1.29, 1.82) is 0 Å². The first-order valence-corrected chi connectivity index (χ1v) is 6.52. The number of hydrogen-bond acceptors (Lipinski definition) is 3. The number of carbonyl (C=O) groups is 1. The number of Topliss-reactive ketones (excluding diaryl/α,β-unsaturated/α-hetero) is 1. The molecule has 18 heavy (non-hydrogen) atoms. The minimum atomic E-state index is 0.147. The van der Waals surface area contributed by atoms with Gasteiger partial charge in [-0.2, -0.15) is 0 Å². The summed E-state index contributed by atoms with van der Waals surface area (Å²) in [5.74, 6) is 0.423. The molecule has 0 radical (unpaired) electrons. The summed E-state index contributed by atoms with van der Waals surface area (Å²) in [5.41, 5.74) is 2.04. The summed E-state index contributed by atoms with van der Waals surface area (Å²) in [7, 11) is 4.07. The minimum absolute atomic E-state index is 0.147. The van der Waals surface area contributed by atoms with Crippen molar-refractivity contribution < 1.29 is 9.53 Å². The molecule has 1 saturated heterocycles. The highest BCUT2D eigenvalue weighted by molar-refractivity contribution is 5.98. The predicted molar refractivity (Wildman–Crippen MR) is 71.7 cm³/mol. The zero-order valence-corrected chi connectivity index (χ0v) is 11.2. The summed E-state index contributed by atoms with van der Waals surface area (Å²) in [6.45, 7) is 2.30. The molecule has 1 fully saturated rings.